The second-order valence-electron chi connectivity index (χ2n) is 3.54. The Morgan fingerprint density at radius 2 is 2.06 bits per heavy atom. The minimum atomic E-state index is -1.24. The molecule has 18 heavy (non-hydrogen) atoms. The Morgan fingerprint density at radius 3 is 2.56 bits per heavy atom. The number of carboxylic acid groups (broad SMARTS) is 1. The van der Waals surface area contributed by atoms with E-state index in [2.05, 4.69) is 21.2 Å². The molecule has 4 N–H and O–H groups in total. The van der Waals surface area contributed by atoms with Gasteiger partial charge in [0.2, 0.25) is 0 Å². The van der Waals surface area contributed by atoms with Crippen LogP contribution in [0.3, 0.4) is 0 Å². The number of halogens is 1. The highest BCUT2D eigenvalue weighted by molar-refractivity contribution is 9.10. The number of rotatable bonds is 5. The zero-order valence-corrected chi connectivity index (χ0v) is 10.8. The van der Waals surface area contributed by atoms with Gasteiger partial charge in [-0.25, -0.2) is 4.79 Å². The predicted molar refractivity (Wildman–Crippen MR) is 66.4 cm³/mol. The number of benzene rings is 1. The third-order valence-corrected chi connectivity index (χ3v) is 2.72. The summed E-state index contributed by atoms with van der Waals surface area (Å²) < 4.78 is 0.599. The summed E-state index contributed by atoms with van der Waals surface area (Å²) in [5.41, 5.74) is -0.0256. The minimum Gasteiger partial charge on any atom is -0.507 e. The molecule has 1 atom stereocenters. The monoisotopic (exact) mass is 317 g/mol. The summed E-state index contributed by atoms with van der Waals surface area (Å²) in [7, 11) is 0. The number of aliphatic hydroxyl groups is 1. The van der Waals surface area contributed by atoms with Gasteiger partial charge >= 0.3 is 5.97 Å². The molecule has 0 aliphatic heterocycles. The SMILES string of the molecule is O=C(NC(CCO)C(=O)O)c1ccc(Br)cc1O. The molecular formula is C11H12BrNO5. The van der Waals surface area contributed by atoms with Crippen LogP contribution in [0, 0.1) is 0 Å². The van der Waals surface area contributed by atoms with Crippen molar-refractivity contribution in [3.05, 3.63) is 28.2 Å². The first-order valence-corrected chi connectivity index (χ1v) is 5.88. The number of aliphatic carboxylic acids is 1. The Morgan fingerprint density at radius 1 is 1.39 bits per heavy atom. The number of phenols is 1. The number of carboxylic acids is 1. The number of hydrogen-bond acceptors (Lipinski definition) is 4. The fourth-order valence-electron chi connectivity index (χ4n) is 1.32. The summed E-state index contributed by atoms with van der Waals surface area (Å²) in [5, 5.41) is 29.3. The number of phenolic OH excluding ortho intramolecular Hbond substituents is 1. The van der Waals surface area contributed by atoms with Crippen molar-refractivity contribution in [3.63, 3.8) is 0 Å². The van der Waals surface area contributed by atoms with E-state index in [9.17, 15) is 14.7 Å². The molecule has 1 rings (SSSR count). The van der Waals surface area contributed by atoms with E-state index in [0.29, 0.717) is 4.47 Å². The number of aliphatic hydroxyl groups excluding tert-OH is 1. The summed E-state index contributed by atoms with van der Waals surface area (Å²) in [6.45, 7) is -0.358. The van der Waals surface area contributed by atoms with Gasteiger partial charge in [0.15, 0.2) is 0 Å². The maximum Gasteiger partial charge on any atom is 0.326 e. The molecule has 0 aliphatic carbocycles. The van der Waals surface area contributed by atoms with E-state index in [0.717, 1.165) is 0 Å². The highest BCUT2D eigenvalue weighted by atomic mass is 79.9. The van der Waals surface area contributed by atoms with Crippen LogP contribution >= 0.6 is 15.9 Å². The fraction of sp³-hybridized carbons (Fsp3) is 0.273. The largest absolute Gasteiger partial charge is 0.507 e. The highest BCUT2D eigenvalue weighted by Gasteiger charge is 2.21. The normalized spacial score (nSPS) is 11.9. The third kappa shape index (κ3) is 3.71. The van der Waals surface area contributed by atoms with Crippen molar-refractivity contribution in [3.8, 4) is 5.75 Å². The summed E-state index contributed by atoms with van der Waals surface area (Å²) in [6.07, 6.45) is -0.0988. The molecule has 0 radical (unpaired) electrons. The lowest BCUT2D eigenvalue weighted by Gasteiger charge is -2.13. The van der Waals surface area contributed by atoms with Crippen molar-refractivity contribution in [2.45, 2.75) is 12.5 Å². The first-order chi connectivity index (χ1) is 8.45. The lowest BCUT2D eigenvalue weighted by Crippen LogP contribution is -2.41. The molecular weight excluding hydrogens is 306 g/mol. The zero-order valence-electron chi connectivity index (χ0n) is 9.26. The first-order valence-electron chi connectivity index (χ1n) is 5.08. The number of amides is 1. The van der Waals surface area contributed by atoms with Gasteiger partial charge in [-0.2, -0.15) is 0 Å². The zero-order chi connectivity index (χ0) is 13.7. The number of carbonyl (C=O) groups excluding carboxylic acids is 1. The van der Waals surface area contributed by atoms with Crippen molar-refractivity contribution in [2.75, 3.05) is 6.61 Å². The Labute approximate surface area is 111 Å². The van der Waals surface area contributed by atoms with Crippen LogP contribution in [0.25, 0.3) is 0 Å². The van der Waals surface area contributed by atoms with E-state index in [-0.39, 0.29) is 24.3 Å². The molecule has 0 aliphatic rings. The molecule has 0 fully saturated rings. The molecule has 6 nitrogen and oxygen atoms in total. The fourth-order valence-corrected chi connectivity index (χ4v) is 1.67. The average molecular weight is 318 g/mol. The molecule has 0 saturated carbocycles. The second kappa shape index (κ2) is 6.36. The second-order valence-corrected chi connectivity index (χ2v) is 4.45. The summed E-state index contributed by atoms with van der Waals surface area (Å²) >= 11 is 3.13. The molecule has 0 spiro atoms. The summed E-state index contributed by atoms with van der Waals surface area (Å²) in [5.74, 6) is -2.20. The van der Waals surface area contributed by atoms with Crippen molar-refractivity contribution in [1.29, 1.82) is 0 Å². The molecule has 0 bridgehead atoms. The van der Waals surface area contributed by atoms with E-state index in [4.69, 9.17) is 10.2 Å². The number of aromatic hydroxyl groups is 1. The van der Waals surface area contributed by atoms with Crippen LogP contribution in [0.15, 0.2) is 22.7 Å². The lowest BCUT2D eigenvalue weighted by atomic mass is 10.1. The van der Waals surface area contributed by atoms with E-state index in [1.807, 2.05) is 0 Å². The van der Waals surface area contributed by atoms with E-state index in [1.165, 1.54) is 12.1 Å². The maximum atomic E-state index is 11.7. The molecule has 1 unspecified atom stereocenters. The van der Waals surface area contributed by atoms with Gasteiger partial charge < -0.3 is 20.6 Å². The number of hydrogen-bond donors (Lipinski definition) is 4. The van der Waals surface area contributed by atoms with Crippen LogP contribution in [0.5, 0.6) is 5.75 Å². The number of nitrogens with one attached hydrogen (secondary N) is 1. The highest BCUT2D eigenvalue weighted by Crippen LogP contribution is 2.22. The Bertz CT molecular complexity index is 463. The molecule has 98 valence electrons. The summed E-state index contributed by atoms with van der Waals surface area (Å²) in [6, 6.07) is 3.06. The van der Waals surface area contributed by atoms with Gasteiger partial charge in [0, 0.05) is 17.5 Å². The Hall–Kier alpha value is -1.60. The maximum absolute atomic E-state index is 11.7. The lowest BCUT2D eigenvalue weighted by molar-refractivity contribution is -0.139. The van der Waals surface area contributed by atoms with Crippen LogP contribution in [0.2, 0.25) is 0 Å². The van der Waals surface area contributed by atoms with Crippen LogP contribution in [-0.4, -0.2) is 39.8 Å². The molecule has 0 heterocycles. The third-order valence-electron chi connectivity index (χ3n) is 2.23. The standard InChI is InChI=1S/C11H12BrNO5/c12-6-1-2-7(9(15)5-6)10(16)13-8(3-4-14)11(17)18/h1-2,5,8,14-15H,3-4H2,(H,13,16)(H,17,18). The van der Waals surface area contributed by atoms with Gasteiger partial charge in [0.05, 0.1) is 5.56 Å². The molecule has 1 aromatic carbocycles. The molecule has 1 aromatic rings. The predicted octanol–water partition coefficient (Wildman–Crippen LogP) is 0.720. The minimum absolute atomic E-state index is 0.0256. The van der Waals surface area contributed by atoms with Gasteiger partial charge in [0.25, 0.3) is 5.91 Å². The van der Waals surface area contributed by atoms with Crippen molar-refractivity contribution in [1.82, 2.24) is 5.32 Å². The van der Waals surface area contributed by atoms with E-state index < -0.39 is 17.9 Å². The molecule has 0 aromatic heterocycles. The van der Waals surface area contributed by atoms with Crippen molar-refractivity contribution in [2.24, 2.45) is 0 Å². The molecule has 7 heteroatoms. The van der Waals surface area contributed by atoms with E-state index >= 15 is 0 Å². The van der Waals surface area contributed by atoms with Gasteiger partial charge in [-0.1, -0.05) is 15.9 Å². The summed E-state index contributed by atoms with van der Waals surface area (Å²) in [4.78, 5) is 22.5. The quantitative estimate of drug-likeness (QED) is 0.640. The van der Waals surface area contributed by atoms with Crippen LogP contribution in [0.4, 0.5) is 0 Å². The van der Waals surface area contributed by atoms with Crippen molar-refractivity contribution < 1.29 is 24.9 Å². The average Bonchev–Trinajstić information content (AvgIpc) is 2.27. The van der Waals surface area contributed by atoms with Crippen LogP contribution < -0.4 is 5.32 Å². The van der Waals surface area contributed by atoms with Gasteiger partial charge in [0.1, 0.15) is 11.8 Å². The van der Waals surface area contributed by atoms with Crippen LogP contribution in [0.1, 0.15) is 16.8 Å². The topological polar surface area (TPSA) is 107 Å². The number of carbonyl (C=O) groups is 2. The van der Waals surface area contributed by atoms with Gasteiger partial charge in [-0.05, 0) is 18.2 Å². The smallest absolute Gasteiger partial charge is 0.326 e. The van der Waals surface area contributed by atoms with Gasteiger partial charge in [-0.3, -0.25) is 4.79 Å². The Kier molecular flexibility index (Phi) is 5.11. The molecule has 1 amide bonds. The van der Waals surface area contributed by atoms with Gasteiger partial charge in [-0.15, -0.1) is 0 Å². The Balaban J connectivity index is 2.83. The first kappa shape index (κ1) is 14.5. The van der Waals surface area contributed by atoms with E-state index in [1.54, 1.807) is 6.07 Å². The van der Waals surface area contributed by atoms with Crippen LogP contribution in [-0.2, 0) is 4.79 Å². The van der Waals surface area contributed by atoms with Crippen molar-refractivity contribution >= 4 is 27.8 Å². The molecule has 0 saturated heterocycles.